The molecule has 138 valence electrons. The Bertz CT molecular complexity index is 923. The maximum absolute atomic E-state index is 12.3. The number of rotatable bonds is 6. The first-order chi connectivity index (χ1) is 12.1. The molecular weight excluding hydrogens is 422 g/mol. The SMILES string of the molecule is CC(OC(=O)c1cccc(S(=O)(=O)N(C)C)c1)C(=O)c1ccc(Br)cc1. The summed E-state index contributed by atoms with van der Waals surface area (Å²) in [6.07, 6.45) is -1.00. The Morgan fingerprint density at radius 3 is 2.23 bits per heavy atom. The van der Waals surface area contributed by atoms with Crippen LogP contribution in [0.2, 0.25) is 0 Å². The third kappa shape index (κ3) is 4.57. The van der Waals surface area contributed by atoms with Crippen LogP contribution in [0.1, 0.15) is 27.6 Å². The first-order valence-electron chi connectivity index (χ1n) is 7.66. The van der Waals surface area contributed by atoms with Gasteiger partial charge in [-0.3, -0.25) is 4.79 Å². The number of ketones is 1. The lowest BCUT2D eigenvalue weighted by atomic mass is 10.1. The molecule has 8 heteroatoms. The number of halogens is 1. The van der Waals surface area contributed by atoms with E-state index in [0.717, 1.165) is 8.78 Å². The maximum Gasteiger partial charge on any atom is 0.338 e. The van der Waals surface area contributed by atoms with Gasteiger partial charge in [0.2, 0.25) is 15.8 Å². The molecule has 6 nitrogen and oxygen atoms in total. The molecule has 2 aromatic rings. The van der Waals surface area contributed by atoms with Gasteiger partial charge in [0.25, 0.3) is 0 Å². The van der Waals surface area contributed by atoms with Crippen LogP contribution >= 0.6 is 15.9 Å². The normalized spacial score (nSPS) is 12.7. The van der Waals surface area contributed by atoms with Crippen molar-refractivity contribution in [3.05, 3.63) is 64.1 Å². The number of hydrogen-bond acceptors (Lipinski definition) is 5. The molecule has 2 aromatic carbocycles. The van der Waals surface area contributed by atoms with Crippen molar-refractivity contribution in [2.45, 2.75) is 17.9 Å². The molecular formula is C18H18BrNO5S. The molecule has 0 fully saturated rings. The molecule has 0 aliphatic heterocycles. The lowest BCUT2D eigenvalue weighted by Crippen LogP contribution is -2.25. The van der Waals surface area contributed by atoms with Gasteiger partial charge in [0.15, 0.2) is 6.10 Å². The van der Waals surface area contributed by atoms with Gasteiger partial charge in [-0.05, 0) is 37.3 Å². The molecule has 0 saturated heterocycles. The van der Waals surface area contributed by atoms with Crippen molar-refractivity contribution in [1.82, 2.24) is 4.31 Å². The molecule has 0 radical (unpaired) electrons. The van der Waals surface area contributed by atoms with Crippen LogP contribution in [0.3, 0.4) is 0 Å². The van der Waals surface area contributed by atoms with E-state index in [1.54, 1.807) is 24.3 Å². The minimum absolute atomic E-state index is 0.0242. The predicted octanol–water partition coefficient (Wildman–Crippen LogP) is 3.13. The van der Waals surface area contributed by atoms with Gasteiger partial charge >= 0.3 is 5.97 Å². The van der Waals surface area contributed by atoms with Crippen molar-refractivity contribution in [3.63, 3.8) is 0 Å². The summed E-state index contributed by atoms with van der Waals surface area (Å²) >= 11 is 3.29. The van der Waals surface area contributed by atoms with E-state index in [1.165, 1.54) is 45.3 Å². The standard InChI is InChI=1S/C18H18BrNO5S/c1-12(17(21)13-7-9-15(19)10-8-13)25-18(22)14-5-4-6-16(11-14)26(23,24)20(2)3/h4-12H,1-3H3. The van der Waals surface area contributed by atoms with E-state index in [2.05, 4.69) is 15.9 Å². The summed E-state index contributed by atoms with van der Waals surface area (Å²) in [7, 11) is -0.866. The van der Waals surface area contributed by atoms with Gasteiger partial charge in [0.05, 0.1) is 10.5 Å². The summed E-state index contributed by atoms with van der Waals surface area (Å²) < 4.78 is 31.4. The average Bonchev–Trinajstić information content (AvgIpc) is 2.61. The fourth-order valence-corrected chi connectivity index (χ4v) is 3.34. The first-order valence-corrected chi connectivity index (χ1v) is 9.89. The van der Waals surface area contributed by atoms with Crippen LogP contribution in [0, 0.1) is 0 Å². The number of benzene rings is 2. The molecule has 0 spiro atoms. The van der Waals surface area contributed by atoms with E-state index in [9.17, 15) is 18.0 Å². The van der Waals surface area contributed by atoms with E-state index >= 15 is 0 Å². The van der Waals surface area contributed by atoms with Gasteiger partial charge in [-0.1, -0.05) is 34.1 Å². The zero-order chi connectivity index (χ0) is 19.5. The molecule has 0 N–H and O–H groups in total. The average molecular weight is 440 g/mol. The number of Topliss-reactive ketones (excluding diaryl/α,β-unsaturated/α-hetero) is 1. The van der Waals surface area contributed by atoms with Crippen molar-refractivity contribution in [3.8, 4) is 0 Å². The molecule has 0 aromatic heterocycles. The van der Waals surface area contributed by atoms with Crippen molar-refractivity contribution < 1.29 is 22.7 Å². The van der Waals surface area contributed by atoms with Crippen molar-refractivity contribution in [1.29, 1.82) is 0 Å². The smallest absolute Gasteiger partial charge is 0.338 e. The molecule has 1 unspecified atom stereocenters. The van der Waals surface area contributed by atoms with Gasteiger partial charge in [-0.15, -0.1) is 0 Å². The fraction of sp³-hybridized carbons (Fsp3) is 0.222. The molecule has 0 aliphatic carbocycles. The summed E-state index contributed by atoms with van der Waals surface area (Å²) in [5, 5.41) is 0. The van der Waals surface area contributed by atoms with Crippen LogP contribution in [0.4, 0.5) is 0 Å². The number of sulfonamides is 1. The highest BCUT2D eigenvalue weighted by Crippen LogP contribution is 2.17. The third-order valence-electron chi connectivity index (χ3n) is 3.63. The zero-order valence-electron chi connectivity index (χ0n) is 14.5. The Morgan fingerprint density at radius 2 is 1.65 bits per heavy atom. The van der Waals surface area contributed by atoms with Gasteiger partial charge < -0.3 is 4.74 Å². The molecule has 26 heavy (non-hydrogen) atoms. The maximum atomic E-state index is 12.3. The second-order valence-electron chi connectivity index (χ2n) is 5.73. The topological polar surface area (TPSA) is 80.8 Å². The molecule has 1 atom stereocenters. The highest BCUT2D eigenvalue weighted by molar-refractivity contribution is 9.10. The molecule has 0 aliphatic rings. The van der Waals surface area contributed by atoms with E-state index in [4.69, 9.17) is 4.74 Å². The number of esters is 1. The number of nitrogens with zero attached hydrogens (tertiary/aromatic N) is 1. The van der Waals surface area contributed by atoms with Gasteiger partial charge in [-0.2, -0.15) is 0 Å². The summed E-state index contributed by atoms with van der Waals surface area (Å²) in [5.41, 5.74) is 0.473. The van der Waals surface area contributed by atoms with Crippen LogP contribution in [-0.4, -0.2) is 44.7 Å². The molecule has 0 amide bonds. The Kier molecular flexibility index (Phi) is 6.33. The van der Waals surface area contributed by atoms with Crippen molar-refractivity contribution in [2.24, 2.45) is 0 Å². The Labute approximate surface area is 161 Å². The van der Waals surface area contributed by atoms with E-state index in [-0.39, 0.29) is 16.2 Å². The largest absolute Gasteiger partial charge is 0.451 e. The van der Waals surface area contributed by atoms with Crippen LogP contribution in [0.15, 0.2) is 57.9 Å². The minimum Gasteiger partial charge on any atom is -0.451 e. The Hall–Kier alpha value is -2.03. The molecule has 0 heterocycles. The van der Waals surface area contributed by atoms with Crippen molar-refractivity contribution in [2.75, 3.05) is 14.1 Å². The predicted molar refractivity (Wildman–Crippen MR) is 101 cm³/mol. The highest BCUT2D eigenvalue weighted by Gasteiger charge is 2.23. The van der Waals surface area contributed by atoms with Crippen LogP contribution in [0.25, 0.3) is 0 Å². The molecule has 0 saturated carbocycles. The zero-order valence-corrected chi connectivity index (χ0v) is 16.9. The van der Waals surface area contributed by atoms with Gasteiger partial charge in [0, 0.05) is 24.1 Å². The monoisotopic (exact) mass is 439 g/mol. The number of carbonyl (C=O) groups excluding carboxylic acids is 2. The van der Waals surface area contributed by atoms with Crippen LogP contribution in [0.5, 0.6) is 0 Å². The van der Waals surface area contributed by atoms with E-state index in [0.29, 0.717) is 5.56 Å². The first kappa shape index (κ1) is 20.3. The van der Waals surface area contributed by atoms with Gasteiger partial charge in [-0.25, -0.2) is 17.5 Å². The quantitative estimate of drug-likeness (QED) is 0.510. The third-order valence-corrected chi connectivity index (χ3v) is 5.97. The Morgan fingerprint density at radius 1 is 1.04 bits per heavy atom. The number of hydrogen-bond donors (Lipinski definition) is 0. The second kappa shape index (κ2) is 8.11. The summed E-state index contributed by atoms with van der Waals surface area (Å²) in [6.45, 7) is 1.47. The summed E-state index contributed by atoms with van der Waals surface area (Å²) in [6, 6.07) is 12.2. The second-order valence-corrected chi connectivity index (χ2v) is 8.80. The summed E-state index contributed by atoms with van der Waals surface area (Å²) in [5.74, 6) is -1.11. The minimum atomic E-state index is -3.67. The Balaban J connectivity index is 2.17. The molecule has 2 rings (SSSR count). The summed E-state index contributed by atoms with van der Waals surface area (Å²) in [4.78, 5) is 24.6. The van der Waals surface area contributed by atoms with Crippen LogP contribution in [-0.2, 0) is 14.8 Å². The van der Waals surface area contributed by atoms with Crippen LogP contribution < -0.4 is 0 Å². The van der Waals surface area contributed by atoms with Crippen molar-refractivity contribution >= 4 is 37.7 Å². The fourth-order valence-electron chi connectivity index (χ4n) is 2.13. The molecule has 0 bridgehead atoms. The number of carbonyl (C=O) groups is 2. The van der Waals surface area contributed by atoms with E-state index < -0.39 is 22.1 Å². The lowest BCUT2D eigenvalue weighted by Gasteiger charge is -2.14. The lowest BCUT2D eigenvalue weighted by molar-refractivity contribution is 0.0318. The van der Waals surface area contributed by atoms with Gasteiger partial charge in [0.1, 0.15) is 0 Å². The number of ether oxygens (including phenoxy) is 1. The van der Waals surface area contributed by atoms with E-state index in [1.807, 2.05) is 0 Å². The highest BCUT2D eigenvalue weighted by atomic mass is 79.9.